The van der Waals surface area contributed by atoms with E-state index >= 15 is 0 Å². The summed E-state index contributed by atoms with van der Waals surface area (Å²) in [5.74, 6) is 2.83. The van der Waals surface area contributed by atoms with Crippen LogP contribution in [0.5, 0.6) is 0 Å². The first-order valence-corrected chi connectivity index (χ1v) is 7.94. The average Bonchev–Trinajstić information content (AvgIpc) is 2.40. The van der Waals surface area contributed by atoms with Crippen molar-refractivity contribution in [3.8, 4) is 0 Å². The van der Waals surface area contributed by atoms with Crippen molar-refractivity contribution in [1.82, 2.24) is 0 Å². The number of hydrogen-bond acceptors (Lipinski definition) is 0. The minimum absolute atomic E-state index is 0.908. The molecule has 3 atom stereocenters. The van der Waals surface area contributed by atoms with E-state index in [9.17, 15) is 0 Å². The zero-order valence-electron chi connectivity index (χ0n) is 12.8. The van der Waals surface area contributed by atoms with Gasteiger partial charge in [-0.3, -0.25) is 0 Å². The van der Waals surface area contributed by atoms with Gasteiger partial charge in [-0.15, -0.1) is 5.73 Å². The summed E-state index contributed by atoms with van der Waals surface area (Å²) in [6, 6.07) is 0. The molecule has 1 rings (SSSR count). The van der Waals surface area contributed by atoms with Gasteiger partial charge in [-0.25, -0.2) is 0 Å². The van der Waals surface area contributed by atoms with Gasteiger partial charge in [-0.1, -0.05) is 57.9 Å². The van der Waals surface area contributed by atoms with E-state index in [-0.39, 0.29) is 0 Å². The van der Waals surface area contributed by atoms with Crippen LogP contribution in [0.2, 0.25) is 0 Å². The first-order chi connectivity index (χ1) is 9.27. The van der Waals surface area contributed by atoms with Crippen molar-refractivity contribution < 1.29 is 0 Å². The highest BCUT2D eigenvalue weighted by Crippen LogP contribution is 2.37. The molecule has 0 aliphatic heterocycles. The third-order valence-electron chi connectivity index (χ3n) is 4.34. The van der Waals surface area contributed by atoms with Crippen LogP contribution in [0.4, 0.5) is 0 Å². The van der Waals surface area contributed by atoms with Crippen LogP contribution >= 0.6 is 0 Å². The van der Waals surface area contributed by atoms with Gasteiger partial charge in [0, 0.05) is 0 Å². The van der Waals surface area contributed by atoms with E-state index in [1.54, 1.807) is 6.08 Å². The van der Waals surface area contributed by atoms with Crippen molar-refractivity contribution in [3.05, 3.63) is 42.7 Å². The molecule has 0 heteroatoms. The third kappa shape index (κ3) is 6.64. The molecule has 0 bridgehead atoms. The highest BCUT2D eigenvalue weighted by molar-refractivity contribution is 5.00. The molecule has 1 fully saturated rings. The highest BCUT2D eigenvalue weighted by atomic mass is 14.3. The van der Waals surface area contributed by atoms with Crippen molar-refractivity contribution in [2.45, 2.75) is 58.8 Å². The maximum Gasteiger partial charge on any atom is -0.00929 e. The zero-order valence-corrected chi connectivity index (χ0v) is 12.8. The summed E-state index contributed by atoms with van der Waals surface area (Å²) in [6.07, 6.45) is 19.7. The fourth-order valence-corrected chi connectivity index (χ4v) is 3.23. The summed E-state index contributed by atoms with van der Waals surface area (Å²) >= 11 is 0. The zero-order chi connectivity index (χ0) is 13.9. The van der Waals surface area contributed by atoms with Crippen molar-refractivity contribution in [3.63, 3.8) is 0 Å². The third-order valence-corrected chi connectivity index (χ3v) is 4.34. The van der Waals surface area contributed by atoms with E-state index in [1.807, 2.05) is 6.08 Å². The Kier molecular flexibility index (Phi) is 8.34. The van der Waals surface area contributed by atoms with Gasteiger partial charge in [0.15, 0.2) is 0 Å². The summed E-state index contributed by atoms with van der Waals surface area (Å²) in [5, 5.41) is 0. The quantitative estimate of drug-likeness (QED) is 0.295. The SMILES string of the molecule is C=CC=C=CC/C=C\CC1CC[C@H](CCC)CC1C. The number of rotatable bonds is 7. The molecule has 0 spiro atoms. The maximum absolute atomic E-state index is 3.63. The van der Waals surface area contributed by atoms with E-state index in [4.69, 9.17) is 0 Å². The summed E-state index contributed by atoms with van der Waals surface area (Å²) in [5.41, 5.74) is 3.08. The molecule has 0 aromatic heterocycles. The first-order valence-electron chi connectivity index (χ1n) is 7.94. The molecule has 1 aliphatic carbocycles. The Balaban J connectivity index is 2.25. The van der Waals surface area contributed by atoms with E-state index in [0.29, 0.717) is 0 Å². The lowest BCUT2D eigenvalue weighted by Crippen LogP contribution is -2.22. The molecule has 106 valence electrons. The molecule has 0 nitrogen and oxygen atoms in total. The van der Waals surface area contributed by atoms with Crippen LogP contribution in [0, 0.1) is 17.8 Å². The maximum atomic E-state index is 3.63. The predicted octanol–water partition coefficient (Wildman–Crippen LogP) is 6.07. The van der Waals surface area contributed by atoms with Crippen molar-refractivity contribution in [2.75, 3.05) is 0 Å². The fourth-order valence-electron chi connectivity index (χ4n) is 3.23. The van der Waals surface area contributed by atoms with Crippen molar-refractivity contribution >= 4 is 0 Å². The molecule has 0 aromatic carbocycles. The molecule has 1 aliphatic rings. The Labute approximate surface area is 120 Å². The van der Waals surface area contributed by atoms with E-state index in [2.05, 4.69) is 44.4 Å². The lowest BCUT2D eigenvalue weighted by atomic mass is 9.72. The van der Waals surface area contributed by atoms with Gasteiger partial charge in [0.25, 0.3) is 0 Å². The average molecular weight is 258 g/mol. The highest BCUT2D eigenvalue weighted by Gasteiger charge is 2.25. The number of allylic oxidation sites excluding steroid dienone is 4. The summed E-state index contributed by atoms with van der Waals surface area (Å²) in [4.78, 5) is 0. The minimum atomic E-state index is 0.908. The lowest BCUT2D eigenvalue weighted by Gasteiger charge is -2.33. The van der Waals surface area contributed by atoms with E-state index < -0.39 is 0 Å². The van der Waals surface area contributed by atoms with Crippen molar-refractivity contribution in [2.24, 2.45) is 17.8 Å². The molecule has 1 saturated carbocycles. The van der Waals surface area contributed by atoms with Crippen LogP contribution in [-0.4, -0.2) is 0 Å². The topological polar surface area (TPSA) is 0 Å². The monoisotopic (exact) mass is 258 g/mol. The summed E-state index contributed by atoms with van der Waals surface area (Å²) in [7, 11) is 0. The number of hydrogen-bond donors (Lipinski definition) is 0. The molecule has 19 heavy (non-hydrogen) atoms. The minimum Gasteiger partial charge on any atom is -0.125 e. The smallest absolute Gasteiger partial charge is 0.00929 e. The van der Waals surface area contributed by atoms with Crippen LogP contribution in [0.15, 0.2) is 42.7 Å². The standard InChI is InChI=1S/C19H30/c1-4-6-7-8-9-10-11-13-19-15-14-18(12-5-2)16-17(19)3/h4,6,8,10-11,17-19H,1,5,9,12-16H2,2-3H3/b11-10-/t7?,17?,18-,19?/m0/s1. The van der Waals surface area contributed by atoms with Crippen LogP contribution in [0.1, 0.15) is 58.8 Å². The van der Waals surface area contributed by atoms with Gasteiger partial charge >= 0.3 is 0 Å². The molecule has 0 heterocycles. The molecule has 0 radical (unpaired) electrons. The predicted molar refractivity (Wildman–Crippen MR) is 86.1 cm³/mol. The van der Waals surface area contributed by atoms with Crippen LogP contribution in [0.25, 0.3) is 0 Å². The Bertz CT molecular complexity index is 328. The second-order valence-electron chi connectivity index (χ2n) is 5.92. The molecular formula is C19H30. The molecule has 2 unspecified atom stereocenters. The Morgan fingerprint density at radius 3 is 2.79 bits per heavy atom. The van der Waals surface area contributed by atoms with Gasteiger partial charge in [0.2, 0.25) is 0 Å². The molecule has 0 aromatic rings. The van der Waals surface area contributed by atoms with Crippen LogP contribution < -0.4 is 0 Å². The summed E-state index contributed by atoms with van der Waals surface area (Å²) in [6.45, 7) is 8.39. The molecule has 0 saturated heterocycles. The Morgan fingerprint density at radius 1 is 1.26 bits per heavy atom. The second-order valence-corrected chi connectivity index (χ2v) is 5.92. The van der Waals surface area contributed by atoms with E-state index in [0.717, 1.165) is 24.2 Å². The first kappa shape index (κ1) is 16.1. The van der Waals surface area contributed by atoms with Crippen molar-refractivity contribution in [1.29, 1.82) is 0 Å². The molecule has 0 amide bonds. The normalized spacial score (nSPS) is 26.9. The van der Waals surface area contributed by atoms with Gasteiger partial charge < -0.3 is 0 Å². The van der Waals surface area contributed by atoms with Gasteiger partial charge in [-0.05, 0) is 55.6 Å². The van der Waals surface area contributed by atoms with E-state index in [1.165, 1.54) is 38.5 Å². The Hall–Kier alpha value is -1.00. The second kappa shape index (κ2) is 9.87. The van der Waals surface area contributed by atoms with Gasteiger partial charge in [0.1, 0.15) is 0 Å². The molecule has 0 N–H and O–H groups in total. The van der Waals surface area contributed by atoms with Gasteiger partial charge in [-0.2, -0.15) is 0 Å². The largest absolute Gasteiger partial charge is 0.125 e. The lowest BCUT2D eigenvalue weighted by molar-refractivity contribution is 0.187. The Morgan fingerprint density at radius 2 is 2.11 bits per heavy atom. The summed E-state index contributed by atoms with van der Waals surface area (Å²) < 4.78 is 0. The van der Waals surface area contributed by atoms with Crippen LogP contribution in [-0.2, 0) is 0 Å². The van der Waals surface area contributed by atoms with Gasteiger partial charge in [0.05, 0.1) is 0 Å². The van der Waals surface area contributed by atoms with Crippen LogP contribution in [0.3, 0.4) is 0 Å². The fraction of sp³-hybridized carbons (Fsp3) is 0.632. The molecular weight excluding hydrogens is 228 g/mol.